The van der Waals surface area contributed by atoms with Crippen LogP contribution in [0.2, 0.25) is 0 Å². The van der Waals surface area contributed by atoms with Gasteiger partial charge in [-0.2, -0.15) is 0 Å². The van der Waals surface area contributed by atoms with Crippen molar-refractivity contribution in [3.63, 3.8) is 0 Å². The second-order valence-corrected chi connectivity index (χ2v) is 14.2. The van der Waals surface area contributed by atoms with E-state index >= 15 is 0 Å². The van der Waals surface area contributed by atoms with Gasteiger partial charge in [-0.05, 0) is 103 Å². The van der Waals surface area contributed by atoms with Gasteiger partial charge in [0.2, 0.25) is 0 Å². The SMILES string of the molecule is CC/C=C\C/C=C\C/C=C\C/C=C\C/C=C\CCC(=O)OCC(COC(=O)CCC/C=C\CCCCCC)OC(=O)CCCCCC/C=C\C/C=C\C/C=C\CC. The van der Waals surface area contributed by atoms with Crippen LogP contribution < -0.4 is 0 Å². The zero-order chi connectivity index (χ0) is 41.5. The van der Waals surface area contributed by atoms with Crippen molar-refractivity contribution < 1.29 is 28.6 Å². The van der Waals surface area contributed by atoms with E-state index in [1.807, 2.05) is 12.2 Å². The minimum absolute atomic E-state index is 0.128. The average Bonchev–Trinajstić information content (AvgIpc) is 3.21. The smallest absolute Gasteiger partial charge is 0.306 e. The summed E-state index contributed by atoms with van der Waals surface area (Å²) >= 11 is 0. The van der Waals surface area contributed by atoms with Crippen LogP contribution in [-0.2, 0) is 28.6 Å². The third kappa shape index (κ3) is 43.0. The molecule has 0 radical (unpaired) electrons. The summed E-state index contributed by atoms with van der Waals surface area (Å²) < 4.78 is 16.6. The van der Waals surface area contributed by atoms with E-state index in [0.717, 1.165) is 96.3 Å². The van der Waals surface area contributed by atoms with E-state index < -0.39 is 6.10 Å². The van der Waals surface area contributed by atoms with Crippen LogP contribution >= 0.6 is 0 Å². The van der Waals surface area contributed by atoms with Gasteiger partial charge in [-0.15, -0.1) is 0 Å². The fraction of sp³-hybridized carbons (Fsp3) is 0.588. The van der Waals surface area contributed by atoms with Crippen molar-refractivity contribution in [2.45, 2.75) is 181 Å². The predicted molar refractivity (Wildman–Crippen MR) is 242 cm³/mol. The monoisotopic (exact) mass is 789 g/mol. The van der Waals surface area contributed by atoms with Crippen molar-refractivity contribution in [3.8, 4) is 0 Å². The molecule has 0 heterocycles. The third-order valence-corrected chi connectivity index (χ3v) is 8.76. The minimum Gasteiger partial charge on any atom is -0.462 e. The summed E-state index contributed by atoms with van der Waals surface area (Å²) in [6, 6.07) is 0. The molecule has 57 heavy (non-hydrogen) atoms. The van der Waals surface area contributed by atoms with Crippen LogP contribution in [0, 0.1) is 0 Å². The number of unbranched alkanes of at least 4 members (excludes halogenated alkanes) is 9. The Morgan fingerprint density at radius 3 is 1.23 bits per heavy atom. The molecule has 0 amide bonds. The summed E-state index contributed by atoms with van der Waals surface area (Å²) in [6.07, 6.45) is 59.5. The molecule has 6 heteroatoms. The van der Waals surface area contributed by atoms with Crippen LogP contribution in [0.3, 0.4) is 0 Å². The minimum atomic E-state index is -0.830. The van der Waals surface area contributed by atoms with Crippen molar-refractivity contribution in [2.75, 3.05) is 13.2 Å². The Bertz CT molecular complexity index is 1230. The number of allylic oxidation sites excluding steroid dienone is 18. The Hall–Kier alpha value is -3.93. The molecule has 0 saturated heterocycles. The molecule has 6 nitrogen and oxygen atoms in total. The van der Waals surface area contributed by atoms with Crippen LogP contribution in [0.15, 0.2) is 109 Å². The molecule has 0 aromatic carbocycles. The van der Waals surface area contributed by atoms with Gasteiger partial charge in [-0.3, -0.25) is 14.4 Å². The topological polar surface area (TPSA) is 78.9 Å². The van der Waals surface area contributed by atoms with E-state index in [1.165, 1.54) is 25.7 Å². The standard InChI is InChI=1S/C51H80O6/c1-4-7-10-13-16-19-21-23-25-26-28-29-32-35-38-41-44-50(53)56-47-48(46-55-49(52)43-40-37-34-31-18-15-12-9-6-3)57-51(54)45-42-39-36-33-30-27-24-22-20-17-14-11-8-5-2/h7-8,10-11,16-17,19-20,23-25,27-29,31,34-35,38,48H,4-6,9,12-15,18,21-22,26,30,32-33,36-37,39-47H2,1-3H3/b10-7-,11-8-,19-16-,20-17-,25-23-,27-24-,29-28-,34-31-,38-35-. The highest BCUT2D eigenvalue weighted by molar-refractivity contribution is 5.71. The molecule has 0 spiro atoms. The molecular formula is C51H80O6. The second kappa shape index (κ2) is 44.8. The largest absolute Gasteiger partial charge is 0.462 e. The van der Waals surface area contributed by atoms with E-state index in [9.17, 15) is 14.4 Å². The molecule has 0 aliphatic heterocycles. The molecule has 0 rings (SSSR count). The molecule has 0 N–H and O–H groups in total. The lowest BCUT2D eigenvalue weighted by molar-refractivity contribution is -0.166. The molecule has 1 unspecified atom stereocenters. The Morgan fingerprint density at radius 2 is 0.737 bits per heavy atom. The zero-order valence-electron chi connectivity index (χ0n) is 36.3. The quantitative estimate of drug-likeness (QED) is 0.0268. The van der Waals surface area contributed by atoms with Gasteiger partial charge in [0.25, 0.3) is 0 Å². The lowest BCUT2D eigenvalue weighted by atomic mass is 10.1. The first kappa shape index (κ1) is 53.1. The van der Waals surface area contributed by atoms with Gasteiger partial charge in [0, 0.05) is 19.3 Å². The third-order valence-electron chi connectivity index (χ3n) is 8.76. The second-order valence-electron chi connectivity index (χ2n) is 14.2. The lowest BCUT2D eigenvalue weighted by Crippen LogP contribution is -2.30. The Morgan fingerprint density at radius 1 is 0.368 bits per heavy atom. The maximum atomic E-state index is 12.7. The molecule has 1 atom stereocenters. The maximum absolute atomic E-state index is 12.7. The molecule has 0 aromatic heterocycles. The van der Waals surface area contributed by atoms with Crippen molar-refractivity contribution >= 4 is 17.9 Å². The average molecular weight is 789 g/mol. The van der Waals surface area contributed by atoms with Crippen molar-refractivity contribution in [1.82, 2.24) is 0 Å². The highest BCUT2D eigenvalue weighted by Gasteiger charge is 2.19. The molecule has 0 aromatic rings. The molecule has 320 valence electrons. The van der Waals surface area contributed by atoms with Crippen LogP contribution in [0.1, 0.15) is 175 Å². The Kier molecular flexibility index (Phi) is 41.7. The predicted octanol–water partition coefficient (Wildman–Crippen LogP) is 14.4. The number of esters is 3. The van der Waals surface area contributed by atoms with Gasteiger partial charge in [-0.25, -0.2) is 0 Å². The fourth-order valence-corrected chi connectivity index (χ4v) is 5.45. The lowest BCUT2D eigenvalue weighted by Gasteiger charge is -2.18. The molecular weight excluding hydrogens is 709 g/mol. The number of hydrogen-bond donors (Lipinski definition) is 0. The summed E-state index contributed by atoms with van der Waals surface area (Å²) in [5, 5.41) is 0. The number of carbonyl (C=O) groups excluding carboxylic acids is 3. The molecule has 0 bridgehead atoms. The number of rotatable bonds is 38. The molecule has 0 saturated carbocycles. The van der Waals surface area contributed by atoms with E-state index in [1.54, 1.807) is 0 Å². The molecule has 0 fully saturated rings. The Balaban J connectivity index is 4.56. The number of ether oxygens (including phenoxy) is 3. The van der Waals surface area contributed by atoms with E-state index in [2.05, 4.69) is 118 Å². The first-order valence-corrected chi connectivity index (χ1v) is 22.4. The van der Waals surface area contributed by atoms with Gasteiger partial charge in [0.1, 0.15) is 13.2 Å². The van der Waals surface area contributed by atoms with Gasteiger partial charge < -0.3 is 14.2 Å². The highest BCUT2D eigenvalue weighted by atomic mass is 16.6. The number of hydrogen-bond acceptors (Lipinski definition) is 6. The van der Waals surface area contributed by atoms with Crippen LogP contribution in [-0.4, -0.2) is 37.2 Å². The first-order chi connectivity index (χ1) is 28.0. The van der Waals surface area contributed by atoms with Gasteiger partial charge in [0.05, 0.1) is 0 Å². The molecule has 0 aliphatic carbocycles. The van der Waals surface area contributed by atoms with Gasteiger partial charge in [0.15, 0.2) is 6.10 Å². The zero-order valence-corrected chi connectivity index (χ0v) is 36.3. The maximum Gasteiger partial charge on any atom is 0.306 e. The number of carbonyl (C=O) groups is 3. The van der Waals surface area contributed by atoms with Gasteiger partial charge >= 0.3 is 17.9 Å². The van der Waals surface area contributed by atoms with E-state index in [0.29, 0.717) is 12.8 Å². The summed E-state index contributed by atoms with van der Waals surface area (Å²) in [5.41, 5.74) is 0. The van der Waals surface area contributed by atoms with Gasteiger partial charge in [-0.1, -0.05) is 162 Å². The summed E-state index contributed by atoms with van der Waals surface area (Å²) in [5.74, 6) is -1.08. The van der Waals surface area contributed by atoms with Crippen LogP contribution in [0.5, 0.6) is 0 Å². The summed E-state index contributed by atoms with van der Waals surface area (Å²) in [7, 11) is 0. The van der Waals surface area contributed by atoms with Crippen molar-refractivity contribution in [2.24, 2.45) is 0 Å². The van der Waals surface area contributed by atoms with Crippen LogP contribution in [0.4, 0.5) is 0 Å². The van der Waals surface area contributed by atoms with Crippen molar-refractivity contribution in [1.29, 1.82) is 0 Å². The fourth-order valence-electron chi connectivity index (χ4n) is 5.45. The summed E-state index contributed by atoms with van der Waals surface area (Å²) in [6.45, 7) is 6.22. The Labute approximate surface area is 349 Å². The summed E-state index contributed by atoms with van der Waals surface area (Å²) in [4.78, 5) is 37.6. The first-order valence-electron chi connectivity index (χ1n) is 22.4. The van der Waals surface area contributed by atoms with E-state index in [-0.39, 0.29) is 50.4 Å². The van der Waals surface area contributed by atoms with E-state index in [4.69, 9.17) is 14.2 Å². The van der Waals surface area contributed by atoms with Crippen LogP contribution in [0.25, 0.3) is 0 Å². The highest BCUT2D eigenvalue weighted by Crippen LogP contribution is 2.10. The van der Waals surface area contributed by atoms with Crippen molar-refractivity contribution in [3.05, 3.63) is 109 Å². The molecule has 0 aliphatic rings. The normalized spacial score (nSPS) is 13.1.